The van der Waals surface area contributed by atoms with Crippen molar-refractivity contribution >= 4 is 28.5 Å². The number of aromatic nitrogens is 2. The van der Waals surface area contributed by atoms with Gasteiger partial charge in [-0.05, 0) is 49.7 Å². The third-order valence-corrected chi connectivity index (χ3v) is 5.62. The normalized spacial score (nSPS) is 12.1. The van der Waals surface area contributed by atoms with E-state index in [9.17, 15) is 4.79 Å². The number of imidazole rings is 1. The Morgan fingerprint density at radius 3 is 2.55 bits per heavy atom. The standard InChI is InChI=1S/C25H32ClN3O2/c1-3-4-5-6-7-10-17-29-23-12-9-8-11-22(23)28-25(29)19(2)27-24(30)18-31-21-15-13-20(26)14-16-21/h8-9,11-16,19H,3-7,10,17-18H2,1-2H3,(H,27,30). The largest absolute Gasteiger partial charge is 0.484 e. The van der Waals surface area contributed by atoms with Crippen molar-refractivity contribution in [3.05, 3.63) is 59.4 Å². The Balaban J connectivity index is 1.61. The molecule has 3 aromatic rings. The molecule has 0 bridgehead atoms. The molecule has 1 N–H and O–H groups in total. The van der Waals surface area contributed by atoms with Crippen molar-refractivity contribution in [2.24, 2.45) is 0 Å². The molecule has 31 heavy (non-hydrogen) atoms. The third-order valence-electron chi connectivity index (χ3n) is 5.37. The summed E-state index contributed by atoms with van der Waals surface area (Å²) in [6, 6.07) is 14.9. The number of fused-ring (bicyclic) bond motifs is 1. The number of hydrogen-bond donors (Lipinski definition) is 1. The third kappa shape index (κ3) is 6.73. The van der Waals surface area contributed by atoms with Gasteiger partial charge >= 0.3 is 0 Å². The van der Waals surface area contributed by atoms with E-state index in [0.29, 0.717) is 10.8 Å². The zero-order valence-corrected chi connectivity index (χ0v) is 19.2. The Hall–Kier alpha value is -2.53. The monoisotopic (exact) mass is 441 g/mol. The maximum Gasteiger partial charge on any atom is 0.258 e. The van der Waals surface area contributed by atoms with Gasteiger partial charge in [-0.2, -0.15) is 0 Å². The van der Waals surface area contributed by atoms with Gasteiger partial charge in [0.2, 0.25) is 0 Å². The highest BCUT2D eigenvalue weighted by molar-refractivity contribution is 6.30. The van der Waals surface area contributed by atoms with Crippen LogP contribution in [0, 0.1) is 0 Å². The first kappa shape index (κ1) is 23.1. The fraction of sp³-hybridized carbons (Fsp3) is 0.440. The molecule has 0 saturated carbocycles. The summed E-state index contributed by atoms with van der Waals surface area (Å²) in [5.41, 5.74) is 2.08. The van der Waals surface area contributed by atoms with Crippen LogP contribution in [-0.4, -0.2) is 22.1 Å². The molecule has 166 valence electrons. The number of ether oxygens (including phenoxy) is 1. The van der Waals surface area contributed by atoms with Gasteiger partial charge in [0.1, 0.15) is 11.6 Å². The second-order valence-electron chi connectivity index (χ2n) is 7.91. The number of carbonyl (C=O) groups excluding carboxylic acids is 1. The predicted molar refractivity (Wildman–Crippen MR) is 127 cm³/mol. The second kappa shape index (κ2) is 11.8. The van der Waals surface area contributed by atoms with Crippen LogP contribution < -0.4 is 10.1 Å². The summed E-state index contributed by atoms with van der Waals surface area (Å²) in [6.45, 7) is 5.06. The Morgan fingerprint density at radius 1 is 1.06 bits per heavy atom. The smallest absolute Gasteiger partial charge is 0.258 e. The van der Waals surface area contributed by atoms with Gasteiger partial charge < -0.3 is 14.6 Å². The Morgan fingerprint density at radius 2 is 1.77 bits per heavy atom. The quantitative estimate of drug-likeness (QED) is 0.335. The highest BCUT2D eigenvalue weighted by Crippen LogP contribution is 2.22. The zero-order chi connectivity index (χ0) is 22.1. The number of unbranched alkanes of at least 4 members (excludes halogenated alkanes) is 5. The predicted octanol–water partition coefficient (Wildman–Crippen LogP) is 6.31. The number of para-hydroxylation sites is 2. The highest BCUT2D eigenvalue weighted by atomic mass is 35.5. The van der Waals surface area contributed by atoms with E-state index in [1.54, 1.807) is 24.3 Å². The van der Waals surface area contributed by atoms with Crippen molar-refractivity contribution in [2.75, 3.05) is 6.61 Å². The molecule has 0 spiro atoms. The summed E-state index contributed by atoms with van der Waals surface area (Å²) in [5, 5.41) is 3.66. The lowest BCUT2D eigenvalue weighted by Crippen LogP contribution is -2.32. The summed E-state index contributed by atoms with van der Waals surface area (Å²) < 4.78 is 7.81. The van der Waals surface area contributed by atoms with Crippen molar-refractivity contribution in [3.8, 4) is 5.75 Å². The van der Waals surface area contributed by atoms with E-state index >= 15 is 0 Å². The number of carbonyl (C=O) groups is 1. The number of amides is 1. The van der Waals surface area contributed by atoms with Crippen molar-refractivity contribution in [1.29, 1.82) is 0 Å². The molecule has 0 aliphatic rings. The fourth-order valence-corrected chi connectivity index (χ4v) is 3.86. The van der Waals surface area contributed by atoms with Crippen LogP contribution in [0.5, 0.6) is 5.75 Å². The molecule has 0 aliphatic carbocycles. The molecule has 6 heteroatoms. The van der Waals surface area contributed by atoms with Gasteiger partial charge in [-0.3, -0.25) is 4.79 Å². The second-order valence-corrected chi connectivity index (χ2v) is 8.35. The number of rotatable bonds is 12. The number of nitrogens with one attached hydrogen (secondary N) is 1. The summed E-state index contributed by atoms with van der Waals surface area (Å²) in [4.78, 5) is 17.3. The molecule has 1 unspecified atom stereocenters. The van der Waals surface area contributed by atoms with Gasteiger partial charge in [-0.25, -0.2) is 4.98 Å². The van der Waals surface area contributed by atoms with Crippen LogP contribution in [0.1, 0.15) is 64.2 Å². The van der Waals surface area contributed by atoms with E-state index in [1.807, 2.05) is 25.1 Å². The van der Waals surface area contributed by atoms with Crippen LogP contribution in [0.4, 0.5) is 0 Å². The molecular formula is C25H32ClN3O2. The average molecular weight is 442 g/mol. The first-order chi connectivity index (χ1) is 15.1. The van der Waals surface area contributed by atoms with Crippen LogP contribution in [-0.2, 0) is 11.3 Å². The van der Waals surface area contributed by atoms with Crippen molar-refractivity contribution < 1.29 is 9.53 Å². The van der Waals surface area contributed by atoms with Gasteiger partial charge in [0.05, 0.1) is 17.1 Å². The maximum atomic E-state index is 12.5. The van der Waals surface area contributed by atoms with Gasteiger partial charge in [0, 0.05) is 11.6 Å². The first-order valence-corrected chi connectivity index (χ1v) is 11.6. The minimum atomic E-state index is -0.214. The summed E-state index contributed by atoms with van der Waals surface area (Å²) in [7, 11) is 0. The van der Waals surface area contributed by atoms with Gasteiger partial charge in [-0.1, -0.05) is 62.8 Å². The molecule has 1 atom stereocenters. The van der Waals surface area contributed by atoms with E-state index in [-0.39, 0.29) is 18.6 Å². The SMILES string of the molecule is CCCCCCCCn1c(C(C)NC(=O)COc2ccc(Cl)cc2)nc2ccccc21. The van der Waals surface area contributed by atoms with E-state index in [4.69, 9.17) is 21.3 Å². The van der Waals surface area contributed by atoms with Crippen LogP contribution in [0.25, 0.3) is 11.0 Å². The van der Waals surface area contributed by atoms with Crippen LogP contribution in [0.15, 0.2) is 48.5 Å². The molecule has 1 amide bonds. The fourth-order valence-electron chi connectivity index (χ4n) is 3.74. The lowest BCUT2D eigenvalue weighted by molar-refractivity contribution is -0.123. The summed E-state index contributed by atoms with van der Waals surface area (Å²) >= 11 is 5.88. The topological polar surface area (TPSA) is 56.2 Å². The molecule has 0 radical (unpaired) electrons. The molecular weight excluding hydrogens is 410 g/mol. The zero-order valence-electron chi connectivity index (χ0n) is 18.4. The molecule has 3 rings (SSSR count). The number of benzene rings is 2. The van der Waals surface area contributed by atoms with E-state index in [1.165, 1.54) is 32.1 Å². The molecule has 0 fully saturated rings. The number of aryl methyl sites for hydroxylation is 1. The molecule has 0 aliphatic heterocycles. The maximum absolute atomic E-state index is 12.5. The lowest BCUT2D eigenvalue weighted by atomic mass is 10.1. The summed E-state index contributed by atoms with van der Waals surface area (Å²) in [5.74, 6) is 1.32. The Kier molecular flexibility index (Phi) is 8.77. The number of halogens is 1. The van der Waals surface area contributed by atoms with Crippen LogP contribution >= 0.6 is 11.6 Å². The highest BCUT2D eigenvalue weighted by Gasteiger charge is 2.18. The Labute approximate surface area is 189 Å². The van der Waals surface area contributed by atoms with E-state index in [0.717, 1.165) is 29.8 Å². The Bertz CT molecular complexity index is 969. The summed E-state index contributed by atoms with van der Waals surface area (Å²) in [6.07, 6.45) is 7.45. The molecule has 2 aromatic carbocycles. The number of nitrogens with zero attached hydrogens (tertiary/aromatic N) is 2. The minimum absolute atomic E-state index is 0.0520. The molecule has 1 heterocycles. The first-order valence-electron chi connectivity index (χ1n) is 11.2. The van der Waals surface area contributed by atoms with Gasteiger partial charge in [-0.15, -0.1) is 0 Å². The van der Waals surface area contributed by atoms with E-state index < -0.39 is 0 Å². The number of hydrogen-bond acceptors (Lipinski definition) is 3. The van der Waals surface area contributed by atoms with Crippen LogP contribution in [0.3, 0.4) is 0 Å². The van der Waals surface area contributed by atoms with Crippen molar-refractivity contribution in [1.82, 2.24) is 14.9 Å². The minimum Gasteiger partial charge on any atom is -0.484 e. The molecule has 1 aromatic heterocycles. The van der Waals surface area contributed by atoms with Gasteiger partial charge in [0.15, 0.2) is 6.61 Å². The molecule has 5 nitrogen and oxygen atoms in total. The van der Waals surface area contributed by atoms with Crippen molar-refractivity contribution in [3.63, 3.8) is 0 Å². The lowest BCUT2D eigenvalue weighted by Gasteiger charge is -2.17. The van der Waals surface area contributed by atoms with Crippen LogP contribution in [0.2, 0.25) is 5.02 Å². The average Bonchev–Trinajstić information content (AvgIpc) is 3.14. The van der Waals surface area contributed by atoms with Gasteiger partial charge in [0.25, 0.3) is 5.91 Å². The molecule has 0 saturated heterocycles. The van der Waals surface area contributed by atoms with E-state index in [2.05, 4.69) is 22.9 Å². The van der Waals surface area contributed by atoms with Crippen molar-refractivity contribution in [2.45, 2.75) is 65.0 Å².